The first-order valence-corrected chi connectivity index (χ1v) is 9.38. The summed E-state index contributed by atoms with van der Waals surface area (Å²) in [5.74, 6) is 0.222. The van der Waals surface area contributed by atoms with Crippen LogP contribution >= 0.6 is 11.8 Å². The molecule has 0 aliphatic rings. The number of amides is 1. The van der Waals surface area contributed by atoms with Gasteiger partial charge >= 0.3 is 0 Å². The average molecular weight is 369 g/mol. The molecule has 3 aromatic rings. The Bertz CT molecular complexity index is 937. The molecule has 0 radical (unpaired) electrons. The maximum Gasteiger partial charge on any atom is 0.234 e. The normalized spacial score (nSPS) is 11.0. The molecular formula is C19H23N5OS. The number of nitrogens with one attached hydrogen (secondary N) is 1. The van der Waals surface area contributed by atoms with Gasteiger partial charge in [0.25, 0.3) is 0 Å². The fourth-order valence-corrected chi connectivity index (χ4v) is 3.72. The van der Waals surface area contributed by atoms with Gasteiger partial charge in [-0.15, -0.1) is 0 Å². The Morgan fingerprint density at radius 2 is 1.85 bits per heavy atom. The number of benzene rings is 1. The van der Waals surface area contributed by atoms with Crippen molar-refractivity contribution in [1.29, 1.82) is 0 Å². The molecule has 0 atom stereocenters. The van der Waals surface area contributed by atoms with E-state index in [0.29, 0.717) is 0 Å². The molecular weight excluding hydrogens is 346 g/mol. The second kappa shape index (κ2) is 7.37. The van der Waals surface area contributed by atoms with E-state index in [1.54, 1.807) is 10.9 Å². The van der Waals surface area contributed by atoms with Crippen molar-refractivity contribution >= 4 is 23.4 Å². The monoisotopic (exact) mass is 369 g/mol. The predicted molar refractivity (Wildman–Crippen MR) is 105 cm³/mol. The number of aromatic nitrogens is 4. The molecule has 2 aromatic heterocycles. The summed E-state index contributed by atoms with van der Waals surface area (Å²) in [4.78, 5) is 16.8. The van der Waals surface area contributed by atoms with Crippen LogP contribution in [0.25, 0.3) is 5.69 Å². The molecule has 0 saturated carbocycles. The Balaban J connectivity index is 1.71. The summed E-state index contributed by atoms with van der Waals surface area (Å²) in [6.45, 7) is 7.98. The van der Waals surface area contributed by atoms with Crippen LogP contribution in [0.15, 0.2) is 35.7 Å². The smallest absolute Gasteiger partial charge is 0.234 e. The van der Waals surface area contributed by atoms with Gasteiger partial charge in [0.2, 0.25) is 5.91 Å². The second-order valence-corrected chi connectivity index (χ2v) is 7.37. The van der Waals surface area contributed by atoms with Crippen LogP contribution in [0, 0.1) is 27.7 Å². The lowest BCUT2D eigenvalue weighted by Gasteiger charge is -2.10. The summed E-state index contributed by atoms with van der Waals surface area (Å²) >= 11 is 1.42. The van der Waals surface area contributed by atoms with Gasteiger partial charge in [0, 0.05) is 25.1 Å². The molecule has 26 heavy (non-hydrogen) atoms. The second-order valence-electron chi connectivity index (χ2n) is 6.43. The van der Waals surface area contributed by atoms with E-state index in [2.05, 4.69) is 47.4 Å². The third kappa shape index (κ3) is 3.83. The lowest BCUT2D eigenvalue weighted by molar-refractivity contribution is -0.113. The lowest BCUT2D eigenvalue weighted by atomic mass is 10.1. The summed E-state index contributed by atoms with van der Waals surface area (Å²) in [5.41, 5.74) is 6.00. The van der Waals surface area contributed by atoms with Gasteiger partial charge in [-0.2, -0.15) is 5.10 Å². The van der Waals surface area contributed by atoms with Gasteiger partial charge in [-0.25, -0.2) is 4.98 Å². The lowest BCUT2D eigenvalue weighted by Crippen LogP contribution is -2.15. The molecule has 7 heteroatoms. The highest BCUT2D eigenvalue weighted by Gasteiger charge is 2.14. The van der Waals surface area contributed by atoms with Gasteiger partial charge in [0.15, 0.2) is 5.16 Å². The van der Waals surface area contributed by atoms with Crippen LogP contribution < -0.4 is 5.32 Å². The van der Waals surface area contributed by atoms with E-state index in [1.165, 1.54) is 22.9 Å². The zero-order valence-electron chi connectivity index (χ0n) is 15.7. The van der Waals surface area contributed by atoms with E-state index in [4.69, 9.17) is 0 Å². The van der Waals surface area contributed by atoms with Crippen LogP contribution in [0.1, 0.15) is 22.5 Å². The van der Waals surface area contributed by atoms with E-state index >= 15 is 0 Å². The molecule has 2 heterocycles. The van der Waals surface area contributed by atoms with Gasteiger partial charge < -0.3 is 5.32 Å². The topological polar surface area (TPSA) is 64.7 Å². The quantitative estimate of drug-likeness (QED) is 0.698. The van der Waals surface area contributed by atoms with Crippen LogP contribution in [0.5, 0.6) is 0 Å². The molecule has 1 N–H and O–H groups in total. The number of anilines is 1. The van der Waals surface area contributed by atoms with Crippen LogP contribution in [-0.2, 0) is 11.8 Å². The molecule has 0 spiro atoms. The number of hydrogen-bond acceptors (Lipinski definition) is 4. The van der Waals surface area contributed by atoms with Crippen LogP contribution in [0.4, 0.5) is 5.69 Å². The van der Waals surface area contributed by atoms with Crippen molar-refractivity contribution in [1.82, 2.24) is 19.3 Å². The predicted octanol–water partition coefficient (Wildman–Crippen LogP) is 3.57. The first-order chi connectivity index (χ1) is 12.3. The number of imidazole rings is 1. The van der Waals surface area contributed by atoms with Gasteiger partial charge in [-0.1, -0.05) is 17.8 Å². The Morgan fingerprint density at radius 1 is 1.15 bits per heavy atom. The molecule has 0 aliphatic carbocycles. The molecule has 1 aromatic carbocycles. The zero-order valence-corrected chi connectivity index (χ0v) is 16.5. The largest absolute Gasteiger partial charge is 0.322 e. The molecule has 0 aliphatic heterocycles. The van der Waals surface area contributed by atoms with Crippen LogP contribution in [-0.4, -0.2) is 31.0 Å². The highest BCUT2D eigenvalue weighted by Crippen LogP contribution is 2.23. The number of aryl methyl sites for hydroxylation is 4. The van der Waals surface area contributed by atoms with Crippen molar-refractivity contribution in [3.05, 3.63) is 53.1 Å². The van der Waals surface area contributed by atoms with E-state index in [9.17, 15) is 4.79 Å². The molecule has 0 saturated heterocycles. The minimum absolute atomic E-state index is 0.0656. The standard InChI is InChI=1S/C19H23N5OS/c1-12-8-13(2)10-16(9-12)24-7-6-20-19(24)26-11-17(25)21-18-14(3)22-23(5)15(18)4/h6-10H,11H2,1-5H3,(H,21,25). The maximum atomic E-state index is 12.4. The van der Waals surface area contributed by atoms with Crippen molar-refractivity contribution in [2.45, 2.75) is 32.9 Å². The summed E-state index contributed by atoms with van der Waals surface area (Å²) in [6, 6.07) is 6.36. The first kappa shape index (κ1) is 18.3. The minimum atomic E-state index is -0.0656. The average Bonchev–Trinajstić information content (AvgIpc) is 3.12. The van der Waals surface area contributed by atoms with Gasteiger partial charge in [-0.05, 0) is 51.0 Å². The Labute approximate surface area is 157 Å². The molecule has 6 nitrogen and oxygen atoms in total. The Morgan fingerprint density at radius 3 is 2.46 bits per heavy atom. The van der Waals surface area contributed by atoms with Gasteiger partial charge in [-0.3, -0.25) is 14.0 Å². The molecule has 3 rings (SSSR count). The van der Waals surface area contributed by atoms with E-state index in [1.807, 2.05) is 31.7 Å². The molecule has 0 unspecified atom stereocenters. The molecule has 136 valence electrons. The number of carbonyl (C=O) groups is 1. The zero-order chi connectivity index (χ0) is 18.8. The van der Waals surface area contributed by atoms with E-state index in [-0.39, 0.29) is 11.7 Å². The fourth-order valence-electron chi connectivity index (χ4n) is 2.94. The van der Waals surface area contributed by atoms with Gasteiger partial charge in [0.1, 0.15) is 0 Å². The van der Waals surface area contributed by atoms with E-state index < -0.39 is 0 Å². The molecule has 0 fully saturated rings. The van der Waals surface area contributed by atoms with Crippen molar-refractivity contribution in [2.24, 2.45) is 7.05 Å². The number of rotatable bonds is 5. The maximum absolute atomic E-state index is 12.4. The summed E-state index contributed by atoms with van der Waals surface area (Å²) in [5, 5.41) is 8.08. The summed E-state index contributed by atoms with van der Waals surface area (Å²) < 4.78 is 3.78. The van der Waals surface area contributed by atoms with Gasteiger partial charge in [0.05, 0.1) is 22.8 Å². The first-order valence-electron chi connectivity index (χ1n) is 8.40. The Hall–Kier alpha value is -2.54. The van der Waals surface area contributed by atoms with Crippen LogP contribution in [0.3, 0.4) is 0 Å². The summed E-state index contributed by atoms with van der Waals surface area (Å²) in [7, 11) is 1.87. The SMILES string of the molecule is Cc1cc(C)cc(-n2ccnc2SCC(=O)Nc2c(C)nn(C)c2C)c1. The third-order valence-corrected chi connectivity index (χ3v) is 5.16. The number of hydrogen-bond donors (Lipinski definition) is 1. The number of thioether (sulfide) groups is 1. The van der Waals surface area contributed by atoms with Crippen LogP contribution in [0.2, 0.25) is 0 Å². The highest BCUT2D eigenvalue weighted by molar-refractivity contribution is 7.99. The molecule has 1 amide bonds. The van der Waals surface area contributed by atoms with E-state index in [0.717, 1.165) is 27.9 Å². The van der Waals surface area contributed by atoms with Crippen molar-refractivity contribution in [3.8, 4) is 5.69 Å². The highest BCUT2D eigenvalue weighted by atomic mass is 32.2. The molecule has 0 bridgehead atoms. The van der Waals surface area contributed by atoms with Crippen molar-refractivity contribution in [2.75, 3.05) is 11.1 Å². The summed E-state index contributed by atoms with van der Waals surface area (Å²) in [6.07, 6.45) is 3.68. The number of nitrogens with zero attached hydrogens (tertiary/aromatic N) is 4. The minimum Gasteiger partial charge on any atom is -0.322 e. The fraction of sp³-hybridized carbons (Fsp3) is 0.316. The van der Waals surface area contributed by atoms with Crippen molar-refractivity contribution < 1.29 is 4.79 Å². The Kier molecular flexibility index (Phi) is 5.18. The van der Waals surface area contributed by atoms with Crippen molar-refractivity contribution in [3.63, 3.8) is 0 Å². The number of carbonyl (C=O) groups excluding carboxylic acids is 1. The third-order valence-electron chi connectivity index (χ3n) is 4.20.